The van der Waals surface area contributed by atoms with Crippen LogP contribution in [0.3, 0.4) is 0 Å². The molecule has 0 aromatic heterocycles. The summed E-state index contributed by atoms with van der Waals surface area (Å²) >= 11 is 9.55. The second-order valence-electron chi connectivity index (χ2n) is 6.22. The van der Waals surface area contributed by atoms with Crippen molar-refractivity contribution in [2.24, 2.45) is 4.99 Å². The third-order valence-electron chi connectivity index (χ3n) is 4.10. The summed E-state index contributed by atoms with van der Waals surface area (Å²) in [6.07, 6.45) is 1.83. The zero-order valence-corrected chi connectivity index (χ0v) is 18.1. The predicted octanol–water partition coefficient (Wildman–Crippen LogP) is 7.14. The Morgan fingerprint density at radius 3 is 2.50 bits per heavy atom. The molecule has 0 unspecified atom stereocenters. The minimum atomic E-state index is 0.423. The fourth-order valence-electron chi connectivity index (χ4n) is 2.65. The van der Waals surface area contributed by atoms with Crippen LogP contribution in [-0.4, -0.2) is 12.8 Å². The van der Waals surface area contributed by atoms with E-state index in [0.29, 0.717) is 29.7 Å². The van der Waals surface area contributed by atoms with Gasteiger partial charge >= 0.3 is 0 Å². The van der Waals surface area contributed by atoms with Gasteiger partial charge < -0.3 is 9.47 Å². The SMILES string of the molecule is CCOc1cc(C=Nc2ccccc2C)cc(Br)c1OCc1ccc(Cl)cc1. The molecule has 0 spiro atoms. The number of benzene rings is 3. The third kappa shape index (κ3) is 5.37. The van der Waals surface area contributed by atoms with Crippen molar-refractivity contribution in [3.8, 4) is 11.5 Å². The number of para-hydroxylation sites is 1. The van der Waals surface area contributed by atoms with Gasteiger partial charge in [0.2, 0.25) is 0 Å². The molecule has 28 heavy (non-hydrogen) atoms. The average molecular weight is 459 g/mol. The summed E-state index contributed by atoms with van der Waals surface area (Å²) in [6.45, 7) is 4.96. The molecule has 0 aliphatic heterocycles. The number of nitrogens with zero attached hydrogens (tertiary/aromatic N) is 1. The van der Waals surface area contributed by atoms with E-state index in [0.717, 1.165) is 26.9 Å². The minimum Gasteiger partial charge on any atom is -0.490 e. The van der Waals surface area contributed by atoms with Gasteiger partial charge in [-0.25, -0.2) is 0 Å². The number of hydrogen-bond acceptors (Lipinski definition) is 3. The lowest BCUT2D eigenvalue weighted by molar-refractivity contribution is 0.267. The fourth-order valence-corrected chi connectivity index (χ4v) is 3.35. The van der Waals surface area contributed by atoms with Crippen LogP contribution in [0.15, 0.2) is 70.1 Å². The highest BCUT2D eigenvalue weighted by atomic mass is 79.9. The summed E-state index contributed by atoms with van der Waals surface area (Å²) < 4.78 is 12.6. The molecule has 144 valence electrons. The van der Waals surface area contributed by atoms with Gasteiger partial charge in [0, 0.05) is 11.2 Å². The Kier molecular flexibility index (Phi) is 7.12. The zero-order chi connectivity index (χ0) is 19.9. The molecule has 3 aromatic rings. The highest BCUT2D eigenvalue weighted by Crippen LogP contribution is 2.37. The number of aliphatic imine (C=N–C) groups is 1. The van der Waals surface area contributed by atoms with E-state index < -0.39 is 0 Å². The van der Waals surface area contributed by atoms with Gasteiger partial charge in [0.15, 0.2) is 11.5 Å². The second-order valence-corrected chi connectivity index (χ2v) is 7.51. The Bertz CT molecular complexity index is 971. The lowest BCUT2D eigenvalue weighted by Gasteiger charge is -2.15. The molecule has 0 aliphatic rings. The first-order chi connectivity index (χ1) is 13.6. The number of ether oxygens (including phenoxy) is 2. The highest BCUT2D eigenvalue weighted by Gasteiger charge is 2.12. The van der Waals surface area contributed by atoms with E-state index in [9.17, 15) is 0 Å². The first-order valence-corrected chi connectivity index (χ1v) is 10.2. The summed E-state index contributed by atoms with van der Waals surface area (Å²) in [5.74, 6) is 1.35. The van der Waals surface area contributed by atoms with Crippen molar-refractivity contribution in [1.82, 2.24) is 0 Å². The minimum absolute atomic E-state index is 0.423. The van der Waals surface area contributed by atoms with Crippen LogP contribution in [0.25, 0.3) is 0 Å². The summed E-state index contributed by atoms with van der Waals surface area (Å²) in [4.78, 5) is 4.60. The van der Waals surface area contributed by atoms with Crippen molar-refractivity contribution >= 4 is 39.4 Å². The molecule has 3 aromatic carbocycles. The van der Waals surface area contributed by atoms with Gasteiger partial charge in [-0.05, 0) is 76.8 Å². The van der Waals surface area contributed by atoms with E-state index >= 15 is 0 Å². The third-order valence-corrected chi connectivity index (χ3v) is 4.94. The van der Waals surface area contributed by atoms with Gasteiger partial charge in [-0.15, -0.1) is 0 Å². The second kappa shape index (κ2) is 9.76. The molecule has 0 amide bonds. The molecular weight excluding hydrogens is 438 g/mol. The van der Waals surface area contributed by atoms with Crippen LogP contribution in [0.4, 0.5) is 5.69 Å². The predicted molar refractivity (Wildman–Crippen MR) is 120 cm³/mol. The summed E-state index contributed by atoms with van der Waals surface area (Å²) in [7, 11) is 0. The lowest BCUT2D eigenvalue weighted by Crippen LogP contribution is -2.01. The van der Waals surface area contributed by atoms with Crippen molar-refractivity contribution < 1.29 is 9.47 Å². The van der Waals surface area contributed by atoms with Crippen molar-refractivity contribution in [2.45, 2.75) is 20.5 Å². The Morgan fingerprint density at radius 2 is 1.79 bits per heavy atom. The average Bonchev–Trinajstić information content (AvgIpc) is 2.68. The molecule has 0 saturated heterocycles. The van der Waals surface area contributed by atoms with Crippen LogP contribution in [0.5, 0.6) is 11.5 Å². The first kappa shape index (κ1) is 20.4. The van der Waals surface area contributed by atoms with E-state index in [4.69, 9.17) is 21.1 Å². The maximum atomic E-state index is 6.02. The Labute approximate surface area is 179 Å². The topological polar surface area (TPSA) is 30.8 Å². The molecule has 3 rings (SSSR count). The van der Waals surface area contributed by atoms with E-state index in [1.807, 2.05) is 80.7 Å². The van der Waals surface area contributed by atoms with Crippen molar-refractivity contribution in [3.63, 3.8) is 0 Å². The monoisotopic (exact) mass is 457 g/mol. The van der Waals surface area contributed by atoms with Crippen LogP contribution in [0, 0.1) is 6.92 Å². The molecule has 0 bridgehead atoms. The van der Waals surface area contributed by atoms with E-state index in [-0.39, 0.29) is 0 Å². The molecule has 0 N–H and O–H groups in total. The van der Waals surface area contributed by atoms with Crippen LogP contribution >= 0.6 is 27.5 Å². The summed E-state index contributed by atoms with van der Waals surface area (Å²) in [6, 6.07) is 19.5. The molecule has 0 heterocycles. The van der Waals surface area contributed by atoms with Crippen LogP contribution in [0.1, 0.15) is 23.6 Å². The highest BCUT2D eigenvalue weighted by molar-refractivity contribution is 9.10. The molecule has 5 heteroatoms. The number of aryl methyl sites for hydroxylation is 1. The molecule has 0 atom stereocenters. The summed E-state index contributed by atoms with van der Waals surface area (Å²) in [5.41, 5.74) is 4.03. The number of rotatable bonds is 7. The van der Waals surface area contributed by atoms with Crippen LogP contribution < -0.4 is 9.47 Å². The number of hydrogen-bond donors (Lipinski definition) is 0. The standard InChI is InChI=1S/C23H21BrClNO2/c1-3-27-22-13-18(14-26-21-7-5-4-6-16(21)2)12-20(24)23(22)28-15-17-8-10-19(25)11-9-17/h4-14H,3,15H2,1-2H3. The van der Waals surface area contributed by atoms with Gasteiger partial charge in [0.25, 0.3) is 0 Å². The van der Waals surface area contributed by atoms with E-state index in [2.05, 4.69) is 20.9 Å². The van der Waals surface area contributed by atoms with Gasteiger partial charge in [-0.1, -0.05) is 41.9 Å². The smallest absolute Gasteiger partial charge is 0.175 e. The van der Waals surface area contributed by atoms with E-state index in [1.165, 1.54) is 0 Å². The Balaban J connectivity index is 1.83. The lowest BCUT2D eigenvalue weighted by atomic mass is 10.2. The maximum Gasteiger partial charge on any atom is 0.175 e. The van der Waals surface area contributed by atoms with Crippen molar-refractivity contribution in [1.29, 1.82) is 0 Å². The van der Waals surface area contributed by atoms with Gasteiger partial charge in [-0.2, -0.15) is 0 Å². The molecular formula is C23H21BrClNO2. The zero-order valence-electron chi connectivity index (χ0n) is 15.8. The molecule has 3 nitrogen and oxygen atoms in total. The van der Waals surface area contributed by atoms with Gasteiger partial charge in [0.1, 0.15) is 6.61 Å². The Hall–Kier alpha value is -2.30. The normalized spacial score (nSPS) is 11.0. The van der Waals surface area contributed by atoms with E-state index in [1.54, 1.807) is 0 Å². The van der Waals surface area contributed by atoms with Crippen molar-refractivity contribution in [2.75, 3.05) is 6.61 Å². The Morgan fingerprint density at radius 1 is 1.04 bits per heavy atom. The quantitative estimate of drug-likeness (QED) is 0.352. The molecule has 0 fully saturated rings. The van der Waals surface area contributed by atoms with Gasteiger partial charge in [0.05, 0.1) is 16.8 Å². The van der Waals surface area contributed by atoms with Gasteiger partial charge in [-0.3, -0.25) is 4.99 Å². The number of halogens is 2. The van der Waals surface area contributed by atoms with Crippen LogP contribution in [-0.2, 0) is 6.61 Å². The molecule has 0 radical (unpaired) electrons. The summed E-state index contributed by atoms with van der Waals surface area (Å²) in [5, 5.41) is 0.706. The van der Waals surface area contributed by atoms with Crippen LogP contribution in [0.2, 0.25) is 5.02 Å². The molecule has 0 aliphatic carbocycles. The van der Waals surface area contributed by atoms with Crippen molar-refractivity contribution in [3.05, 3.63) is 86.8 Å². The molecule has 0 saturated carbocycles. The fraction of sp³-hybridized carbons (Fsp3) is 0.174. The largest absolute Gasteiger partial charge is 0.490 e. The first-order valence-electron chi connectivity index (χ1n) is 9.00. The maximum absolute atomic E-state index is 6.02.